The van der Waals surface area contributed by atoms with Crippen LogP contribution in [-0.4, -0.2) is 17.3 Å². The molecule has 3 aromatic rings. The summed E-state index contributed by atoms with van der Waals surface area (Å²) >= 11 is 5.33. The van der Waals surface area contributed by atoms with Gasteiger partial charge in [0.1, 0.15) is 11.5 Å². The van der Waals surface area contributed by atoms with Crippen molar-refractivity contribution in [1.29, 1.82) is 0 Å². The second-order valence-corrected chi connectivity index (χ2v) is 8.61. The highest BCUT2D eigenvalue weighted by atomic mass is 79.9. The number of rotatable bonds is 4. The first-order chi connectivity index (χ1) is 13.7. The molecule has 0 N–H and O–H groups in total. The highest BCUT2D eigenvalue weighted by Crippen LogP contribution is 2.49. The zero-order valence-electron chi connectivity index (χ0n) is 15.3. The first kappa shape index (κ1) is 17.8. The van der Waals surface area contributed by atoms with E-state index in [-0.39, 0.29) is 12.3 Å². The molecule has 0 spiro atoms. The van der Waals surface area contributed by atoms with Crippen LogP contribution in [-0.2, 0) is 0 Å². The molecule has 5 rings (SSSR count). The van der Waals surface area contributed by atoms with Gasteiger partial charge in [-0.15, -0.1) is 11.3 Å². The van der Waals surface area contributed by atoms with Gasteiger partial charge >= 0.3 is 0 Å². The van der Waals surface area contributed by atoms with E-state index in [9.17, 15) is 0 Å². The molecule has 1 aromatic heterocycles. The number of halogens is 1. The fourth-order valence-electron chi connectivity index (χ4n) is 3.83. The largest absolute Gasteiger partial charge is 0.493 e. The summed E-state index contributed by atoms with van der Waals surface area (Å²) in [5.41, 5.74) is 3.27. The molecule has 2 atom stereocenters. The fraction of sp³-hybridized carbons (Fsp3) is 0.227. The Kier molecular flexibility index (Phi) is 4.61. The first-order valence-corrected chi connectivity index (χ1v) is 11.0. The number of para-hydroxylation sites is 1. The van der Waals surface area contributed by atoms with E-state index in [0.29, 0.717) is 6.61 Å². The molecule has 2 aromatic carbocycles. The van der Waals surface area contributed by atoms with Crippen LogP contribution in [0.25, 0.3) is 0 Å². The summed E-state index contributed by atoms with van der Waals surface area (Å²) in [7, 11) is 0. The van der Waals surface area contributed by atoms with Crippen LogP contribution in [0.4, 0.5) is 0 Å². The Bertz CT molecular complexity index is 1030. The average Bonchev–Trinajstić information content (AvgIpc) is 3.39. The second kappa shape index (κ2) is 7.26. The Morgan fingerprint density at radius 1 is 1.18 bits per heavy atom. The van der Waals surface area contributed by atoms with E-state index in [2.05, 4.69) is 56.7 Å². The smallest absolute Gasteiger partial charge is 0.217 e. The van der Waals surface area contributed by atoms with E-state index >= 15 is 0 Å². The van der Waals surface area contributed by atoms with Gasteiger partial charge in [-0.25, -0.2) is 5.01 Å². The summed E-state index contributed by atoms with van der Waals surface area (Å²) in [6.07, 6.45) is 0.534. The van der Waals surface area contributed by atoms with Crippen molar-refractivity contribution in [3.8, 4) is 11.5 Å². The molecule has 2 aliphatic rings. The maximum absolute atomic E-state index is 6.46. The van der Waals surface area contributed by atoms with Gasteiger partial charge in [0.25, 0.3) is 0 Å². The average molecular weight is 455 g/mol. The summed E-state index contributed by atoms with van der Waals surface area (Å²) in [4.78, 5) is 1.21. The fourth-order valence-corrected chi connectivity index (χ4v) is 4.93. The van der Waals surface area contributed by atoms with Gasteiger partial charge in [-0.2, -0.15) is 5.10 Å². The number of nitrogens with zero attached hydrogens (tertiary/aromatic N) is 2. The van der Waals surface area contributed by atoms with Gasteiger partial charge in [0.15, 0.2) is 0 Å². The summed E-state index contributed by atoms with van der Waals surface area (Å²) in [5, 5.41) is 9.20. The lowest BCUT2D eigenvalue weighted by molar-refractivity contribution is -0.0206. The van der Waals surface area contributed by atoms with Gasteiger partial charge in [-0.3, -0.25) is 0 Å². The number of benzene rings is 2. The Morgan fingerprint density at radius 3 is 2.89 bits per heavy atom. The molecule has 6 heteroatoms. The van der Waals surface area contributed by atoms with Crippen LogP contribution in [0.5, 0.6) is 11.5 Å². The number of hydrogen-bond donors (Lipinski definition) is 0. The molecule has 0 saturated carbocycles. The highest BCUT2D eigenvalue weighted by molar-refractivity contribution is 9.10. The van der Waals surface area contributed by atoms with Crippen molar-refractivity contribution in [2.75, 3.05) is 6.61 Å². The number of hydrazone groups is 1. The molecule has 0 unspecified atom stereocenters. The third kappa shape index (κ3) is 3.01. The summed E-state index contributed by atoms with van der Waals surface area (Å²) in [6, 6.07) is 18.7. The van der Waals surface area contributed by atoms with E-state index in [1.165, 1.54) is 10.4 Å². The van der Waals surface area contributed by atoms with Crippen LogP contribution in [0.3, 0.4) is 0 Å². The monoisotopic (exact) mass is 454 g/mol. The van der Waals surface area contributed by atoms with Crippen molar-refractivity contribution >= 4 is 33.0 Å². The first-order valence-electron chi connectivity index (χ1n) is 9.32. The maximum Gasteiger partial charge on any atom is 0.217 e. The zero-order chi connectivity index (χ0) is 19.1. The van der Waals surface area contributed by atoms with Gasteiger partial charge in [0.05, 0.1) is 28.8 Å². The summed E-state index contributed by atoms with van der Waals surface area (Å²) in [6.45, 7) is 2.60. The van der Waals surface area contributed by atoms with Crippen molar-refractivity contribution in [2.45, 2.75) is 25.6 Å². The molecule has 142 valence electrons. The molecule has 2 aliphatic heterocycles. The molecule has 0 saturated heterocycles. The Balaban J connectivity index is 1.63. The van der Waals surface area contributed by atoms with Crippen LogP contribution in [0.15, 0.2) is 69.6 Å². The maximum atomic E-state index is 6.46. The van der Waals surface area contributed by atoms with E-state index in [1.807, 2.05) is 31.2 Å². The van der Waals surface area contributed by atoms with Gasteiger partial charge < -0.3 is 9.47 Å². The number of ether oxygens (including phenoxy) is 2. The minimum Gasteiger partial charge on any atom is -0.493 e. The van der Waals surface area contributed by atoms with Gasteiger partial charge in [0.2, 0.25) is 6.23 Å². The molecule has 0 aliphatic carbocycles. The molecule has 3 heterocycles. The van der Waals surface area contributed by atoms with Gasteiger partial charge in [0, 0.05) is 16.5 Å². The third-order valence-electron chi connectivity index (χ3n) is 5.04. The van der Waals surface area contributed by atoms with Crippen molar-refractivity contribution in [1.82, 2.24) is 5.01 Å². The Hall–Kier alpha value is -2.31. The normalized spacial score (nSPS) is 20.2. The quantitative estimate of drug-likeness (QED) is 0.473. The molecule has 4 nitrogen and oxygen atoms in total. The lowest BCUT2D eigenvalue weighted by atomic mass is 9.97. The standard InChI is InChI=1S/C22H19BrN2O2S/c1-2-26-19-10-9-14(23)12-16(19)22-25-18(15-6-3-4-7-20(15)27-22)13-17(24-25)21-8-5-11-28-21/h3-12,18,22H,2,13H2,1H3/t18-,22-/m0/s1. The summed E-state index contributed by atoms with van der Waals surface area (Å²) < 4.78 is 13.4. The molecule has 0 radical (unpaired) electrons. The van der Waals surface area contributed by atoms with E-state index in [4.69, 9.17) is 14.6 Å². The van der Waals surface area contributed by atoms with Crippen molar-refractivity contribution < 1.29 is 9.47 Å². The van der Waals surface area contributed by atoms with Crippen molar-refractivity contribution in [3.05, 3.63) is 80.5 Å². The van der Waals surface area contributed by atoms with E-state index in [1.54, 1.807) is 11.3 Å². The van der Waals surface area contributed by atoms with Crippen LogP contribution in [0, 0.1) is 0 Å². The highest BCUT2D eigenvalue weighted by Gasteiger charge is 2.42. The molecular formula is C22H19BrN2O2S. The molecule has 0 amide bonds. The van der Waals surface area contributed by atoms with E-state index in [0.717, 1.165) is 33.7 Å². The molecule has 0 fully saturated rings. The van der Waals surface area contributed by atoms with Crippen LogP contribution < -0.4 is 9.47 Å². The number of thiophene rings is 1. The Labute approximate surface area is 176 Å². The topological polar surface area (TPSA) is 34.1 Å². The zero-order valence-corrected chi connectivity index (χ0v) is 17.7. The van der Waals surface area contributed by atoms with E-state index < -0.39 is 0 Å². The van der Waals surface area contributed by atoms with Crippen molar-refractivity contribution in [2.24, 2.45) is 5.10 Å². The van der Waals surface area contributed by atoms with Gasteiger partial charge in [-0.05, 0) is 42.6 Å². The molecular weight excluding hydrogens is 436 g/mol. The van der Waals surface area contributed by atoms with Crippen molar-refractivity contribution in [3.63, 3.8) is 0 Å². The lowest BCUT2D eigenvalue weighted by Crippen LogP contribution is -2.34. The second-order valence-electron chi connectivity index (χ2n) is 6.75. The third-order valence-corrected chi connectivity index (χ3v) is 6.45. The Morgan fingerprint density at radius 2 is 2.07 bits per heavy atom. The minimum atomic E-state index is -0.337. The van der Waals surface area contributed by atoms with Crippen LogP contribution in [0.2, 0.25) is 0 Å². The lowest BCUT2D eigenvalue weighted by Gasteiger charge is -2.38. The SMILES string of the molecule is CCOc1ccc(Br)cc1[C@@H]1Oc2ccccc2[C@@H]2CC(c3cccs3)=NN21. The van der Waals surface area contributed by atoms with Crippen LogP contribution >= 0.6 is 27.3 Å². The predicted octanol–water partition coefficient (Wildman–Crippen LogP) is 6.15. The minimum absolute atomic E-state index is 0.153. The van der Waals surface area contributed by atoms with Gasteiger partial charge in [-0.1, -0.05) is 40.2 Å². The molecule has 0 bridgehead atoms. The predicted molar refractivity (Wildman–Crippen MR) is 115 cm³/mol. The van der Waals surface area contributed by atoms with Crippen LogP contribution in [0.1, 0.15) is 41.6 Å². The molecule has 28 heavy (non-hydrogen) atoms. The summed E-state index contributed by atoms with van der Waals surface area (Å²) in [5.74, 6) is 1.74. The number of hydrogen-bond acceptors (Lipinski definition) is 5. The number of fused-ring (bicyclic) bond motifs is 3.